The van der Waals surface area contributed by atoms with Crippen molar-refractivity contribution < 1.29 is 23.8 Å². The Bertz CT molecular complexity index is 774. The zero-order chi connectivity index (χ0) is 19.6. The highest BCUT2D eigenvalue weighted by Gasteiger charge is 2.36. The summed E-state index contributed by atoms with van der Waals surface area (Å²) in [5, 5.41) is 5.48. The molecule has 1 fully saturated rings. The number of hydrogen-bond acceptors (Lipinski definition) is 5. The van der Waals surface area contributed by atoms with Gasteiger partial charge < -0.3 is 24.8 Å². The first-order chi connectivity index (χ1) is 12.9. The van der Waals surface area contributed by atoms with Gasteiger partial charge in [-0.15, -0.1) is 0 Å². The highest BCUT2D eigenvalue weighted by Crippen LogP contribution is 2.37. The maximum Gasteiger partial charge on any atom is 0.338 e. The van der Waals surface area contributed by atoms with Gasteiger partial charge >= 0.3 is 12.0 Å². The molecule has 1 aliphatic heterocycles. The molecule has 0 unspecified atom stereocenters. The summed E-state index contributed by atoms with van der Waals surface area (Å²) in [6.45, 7) is 3.79. The van der Waals surface area contributed by atoms with E-state index < -0.39 is 12.0 Å². The second-order valence-corrected chi connectivity index (χ2v) is 7.03. The van der Waals surface area contributed by atoms with E-state index in [1.165, 1.54) is 0 Å². The second-order valence-electron chi connectivity index (χ2n) is 7.03. The van der Waals surface area contributed by atoms with Crippen LogP contribution in [0, 0.1) is 5.92 Å². The van der Waals surface area contributed by atoms with Gasteiger partial charge in [0, 0.05) is 11.3 Å². The lowest BCUT2D eigenvalue weighted by molar-refractivity contribution is -0.146. The maximum absolute atomic E-state index is 13.0. The van der Waals surface area contributed by atoms with Crippen LogP contribution in [0.2, 0.25) is 0 Å². The number of carbonyl (C=O) groups excluding carboxylic acids is 2. The predicted molar refractivity (Wildman–Crippen MR) is 99.5 cm³/mol. The monoisotopic (exact) mass is 374 g/mol. The Labute approximate surface area is 159 Å². The molecule has 2 N–H and O–H groups in total. The van der Waals surface area contributed by atoms with Crippen LogP contribution in [0.4, 0.5) is 4.79 Å². The van der Waals surface area contributed by atoms with E-state index in [0.717, 1.165) is 19.3 Å². The second kappa shape index (κ2) is 7.90. The lowest BCUT2D eigenvalue weighted by atomic mass is 9.94. The molecule has 1 aromatic carbocycles. The van der Waals surface area contributed by atoms with Gasteiger partial charge in [-0.25, -0.2) is 9.59 Å². The van der Waals surface area contributed by atoms with Crippen molar-refractivity contribution in [3.8, 4) is 11.5 Å². The largest absolute Gasteiger partial charge is 0.497 e. The Morgan fingerprint density at radius 3 is 2.59 bits per heavy atom. The molecule has 7 nitrogen and oxygen atoms in total. The minimum Gasteiger partial charge on any atom is -0.497 e. The molecule has 2 amide bonds. The van der Waals surface area contributed by atoms with Gasteiger partial charge in [0.15, 0.2) is 0 Å². The van der Waals surface area contributed by atoms with Gasteiger partial charge in [-0.3, -0.25) is 0 Å². The van der Waals surface area contributed by atoms with Gasteiger partial charge in [-0.05, 0) is 50.3 Å². The van der Waals surface area contributed by atoms with Gasteiger partial charge in [0.25, 0.3) is 0 Å². The topological polar surface area (TPSA) is 85.9 Å². The summed E-state index contributed by atoms with van der Waals surface area (Å²) in [7, 11) is 3.10. The van der Waals surface area contributed by atoms with E-state index in [0.29, 0.717) is 34.3 Å². The number of ether oxygens (including phenoxy) is 3. The molecule has 2 aliphatic rings. The van der Waals surface area contributed by atoms with Crippen LogP contribution in [0.1, 0.15) is 44.7 Å². The van der Waals surface area contributed by atoms with Crippen molar-refractivity contribution in [1.82, 2.24) is 10.6 Å². The van der Waals surface area contributed by atoms with Crippen LogP contribution in [0.5, 0.6) is 11.5 Å². The molecule has 1 heterocycles. The molecule has 3 rings (SSSR count). The number of methoxy groups -OCH3 is 2. The zero-order valence-electron chi connectivity index (χ0n) is 16.1. The van der Waals surface area contributed by atoms with Crippen LogP contribution in [0.15, 0.2) is 29.5 Å². The zero-order valence-corrected chi connectivity index (χ0v) is 16.1. The van der Waals surface area contributed by atoms with Crippen LogP contribution in [-0.4, -0.2) is 32.3 Å². The molecule has 0 saturated heterocycles. The first-order valence-electron chi connectivity index (χ1n) is 9.15. The third kappa shape index (κ3) is 3.86. The Balaban J connectivity index is 1.98. The number of nitrogens with one attached hydrogen (secondary N) is 2. The molecule has 0 bridgehead atoms. The minimum absolute atomic E-state index is 0.0942. The summed E-state index contributed by atoms with van der Waals surface area (Å²) in [4.78, 5) is 25.1. The fourth-order valence-corrected chi connectivity index (χ4v) is 3.75. The molecule has 0 spiro atoms. The van der Waals surface area contributed by atoms with E-state index in [1.807, 2.05) is 0 Å². The number of urea groups is 1. The van der Waals surface area contributed by atoms with Crippen LogP contribution >= 0.6 is 0 Å². The van der Waals surface area contributed by atoms with Crippen molar-refractivity contribution in [3.05, 3.63) is 35.0 Å². The lowest BCUT2D eigenvalue weighted by Gasteiger charge is -2.30. The summed E-state index contributed by atoms with van der Waals surface area (Å²) in [6, 6.07) is 4.20. The number of benzene rings is 1. The fraction of sp³-hybridized carbons (Fsp3) is 0.500. The molecule has 1 aromatic rings. The van der Waals surface area contributed by atoms with Crippen molar-refractivity contribution in [2.24, 2.45) is 5.92 Å². The molecule has 7 heteroatoms. The van der Waals surface area contributed by atoms with Crippen LogP contribution in [0.3, 0.4) is 0 Å². The third-order valence-corrected chi connectivity index (χ3v) is 5.28. The maximum atomic E-state index is 13.0. The number of amides is 2. The average Bonchev–Trinajstić information content (AvgIpc) is 3.04. The summed E-state index contributed by atoms with van der Waals surface area (Å²) in [5.41, 5.74) is 1.49. The summed E-state index contributed by atoms with van der Waals surface area (Å²) >= 11 is 0. The van der Waals surface area contributed by atoms with E-state index in [-0.39, 0.29) is 12.1 Å². The fourth-order valence-electron chi connectivity index (χ4n) is 3.75. The summed E-state index contributed by atoms with van der Waals surface area (Å²) < 4.78 is 16.5. The van der Waals surface area contributed by atoms with E-state index >= 15 is 0 Å². The molecule has 1 aliphatic carbocycles. The Kier molecular flexibility index (Phi) is 5.58. The molecule has 3 atom stereocenters. The lowest BCUT2D eigenvalue weighted by Crippen LogP contribution is -2.45. The van der Waals surface area contributed by atoms with Crippen LogP contribution in [0.25, 0.3) is 0 Å². The molecule has 0 radical (unpaired) electrons. The molecule has 0 aromatic heterocycles. The average molecular weight is 374 g/mol. The first-order valence-corrected chi connectivity index (χ1v) is 9.15. The Morgan fingerprint density at radius 1 is 1.19 bits per heavy atom. The highest BCUT2D eigenvalue weighted by atomic mass is 16.5. The SMILES string of the molecule is COc1ccc(OC)c([C@H]2NC(=O)NC(C)=C2C(=O)O[C@@H]2CCC[C@@H]2C)c1. The van der Waals surface area contributed by atoms with Gasteiger partial charge in [-0.1, -0.05) is 6.92 Å². The van der Waals surface area contributed by atoms with Crippen molar-refractivity contribution in [3.63, 3.8) is 0 Å². The number of carbonyl (C=O) groups is 2. The molecular formula is C20H26N2O5. The van der Waals surface area contributed by atoms with Crippen LogP contribution in [-0.2, 0) is 9.53 Å². The van der Waals surface area contributed by atoms with E-state index in [2.05, 4.69) is 17.6 Å². The Hall–Kier alpha value is -2.70. The molecular weight excluding hydrogens is 348 g/mol. The van der Waals surface area contributed by atoms with E-state index in [4.69, 9.17) is 14.2 Å². The normalized spacial score (nSPS) is 24.9. The van der Waals surface area contributed by atoms with Gasteiger partial charge in [-0.2, -0.15) is 0 Å². The molecule has 27 heavy (non-hydrogen) atoms. The minimum atomic E-state index is -0.687. The van der Waals surface area contributed by atoms with Crippen molar-refractivity contribution >= 4 is 12.0 Å². The van der Waals surface area contributed by atoms with E-state index in [9.17, 15) is 9.59 Å². The number of rotatable bonds is 5. The third-order valence-electron chi connectivity index (χ3n) is 5.28. The molecule has 146 valence electrons. The highest BCUT2D eigenvalue weighted by molar-refractivity contribution is 5.95. The van der Waals surface area contributed by atoms with Crippen molar-refractivity contribution in [2.75, 3.05) is 14.2 Å². The van der Waals surface area contributed by atoms with Gasteiger partial charge in [0.05, 0.1) is 25.8 Å². The predicted octanol–water partition coefficient (Wildman–Crippen LogP) is 3.06. The van der Waals surface area contributed by atoms with Gasteiger partial charge in [0.1, 0.15) is 17.6 Å². The van der Waals surface area contributed by atoms with Gasteiger partial charge in [0.2, 0.25) is 0 Å². The number of esters is 1. The standard InChI is InChI=1S/C20H26N2O5/c1-11-6-5-7-15(11)27-19(23)17-12(2)21-20(24)22-18(17)14-10-13(25-3)8-9-16(14)26-4/h8-11,15,18H,5-7H2,1-4H3,(H2,21,22,24)/t11-,15+,18+/m0/s1. The quantitative estimate of drug-likeness (QED) is 0.774. The number of allylic oxidation sites excluding steroid dienone is 1. The number of hydrogen-bond donors (Lipinski definition) is 2. The van der Waals surface area contributed by atoms with E-state index in [1.54, 1.807) is 39.3 Å². The molecule has 1 saturated carbocycles. The van der Waals surface area contributed by atoms with Crippen LogP contribution < -0.4 is 20.1 Å². The van der Waals surface area contributed by atoms with Crippen molar-refractivity contribution in [2.45, 2.75) is 45.3 Å². The smallest absolute Gasteiger partial charge is 0.338 e. The Morgan fingerprint density at radius 2 is 1.96 bits per heavy atom. The summed E-state index contributed by atoms with van der Waals surface area (Å²) in [6.07, 6.45) is 2.88. The first kappa shape index (κ1) is 19.1. The van der Waals surface area contributed by atoms with Crippen molar-refractivity contribution in [1.29, 1.82) is 0 Å². The summed E-state index contributed by atoms with van der Waals surface area (Å²) in [5.74, 6) is 1.07.